The van der Waals surface area contributed by atoms with Crippen LogP contribution in [-0.4, -0.2) is 10.2 Å². The highest BCUT2D eigenvalue weighted by Crippen LogP contribution is 2.36. The highest BCUT2D eigenvalue weighted by atomic mass is 35.5. The zero-order valence-electron chi connectivity index (χ0n) is 10.7. The summed E-state index contributed by atoms with van der Waals surface area (Å²) in [5, 5.41) is 7.92. The van der Waals surface area contributed by atoms with Crippen LogP contribution in [0.1, 0.15) is 16.7 Å². The van der Waals surface area contributed by atoms with Crippen molar-refractivity contribution in [1.29, 1.82) is 0 Å². The molecule has 1 aromatic carbocycles. The minimum atomic E-state index is -4.33. The molecule has 0 saturated carbocycles. The van der Waals surface area contributed by atoms with Crippen LogP contribution in [0.15, 0.2) is 24.3 Å². The van der Waals surface area contributed by atoms with E-state index in [-0.39, 0.29) is 12.4 Å². The average Bonchev–Trinajstić information content (AvgIpc) is 2.44. The summed E-state index contributed by atoms with van der Waals surface area (Å²) < 4.78 is 38.1. The summed E-state index contributed by atoms with van der Waals surface area (Å²) in [5.41, 5.74) is 4.68. The van der Waals surface area contributed by atoms with Gasteiger partial charge in [-0.3, -0.25) is 0 Å². The molecule has 0 bridgehead atoms. The largest absolute Gasteiger partial charge is 0.416 e. The molecule has 0 aliphatic heterocycles. The molecule has 4 nitrogen and oxygen atoms in total. The molecule has 0 radical (unpaired) electrons. The molecule has 8 heteroatoms. The monoisotopic (exact) mass is 316 g/mol. The fraction of sp³-hybridized carbons (Fsp3) is 0.231. The van der Waals surface area contributed by atoms with Crippen molar-refractivity contribution in [1.82, 2.24) is 10.2 Å². The van der Waals surface area contributed by atoms with E-state index in [4.69, 9.17) is 5.84 Å². The predicted molar refractivity (Wildman–Crippen MR) is 74.9 cm³/mol. The van der Waals surface area contributed by atoms with Crippen molar-refractivity contribution in [2.24, 2.45) is 5.84 Å². The van der Waals surface area contributed by atoms with Crippen molar-refractivity contribution in [2.75, 3.05) is 5.43 Å². The van der Waals surface area contributed by atoms with E-state index in [0.717, 1.165) is 11.6 Å². The molecule has 21 heavy (non-hydrogen) atoms. The van der Waals surface area contributed by atoms with Gasteiger partial charge in [0.1, 0.15) is 0 Å². The van der Waals surface area contributed by atoms with E-state index < -0.39 is 11.7 Å². The molecule has 2 aromatic rings. The third-order valence-corrected chi connectivity index (χ3v) is 3.37. The number of nitrogens with two attached hydrogens (primary N) is 1. The zero-order chi connectivity index (χ0) is 14.3. The number of nitrogens with zero attached hydrogens (tertiary/aromatic N) is 2. The van der Waals surface area contributed by atoms with Crippen LogP contribution in [0.25, 0.3) is 11.3 Å². The van der Waals surface area contributed by atoms with Crippen LogP contribution in [0.2, 0.25) is 0 Å². The molecular weight excluding hydrogens is 305 g/mol. The third-order valence-electron chi connectivity index (χ3n) is 3.37. The Balaban J connectivity index is 0.00000161. The second-order valence-electron chi connectivity index (χ2n) is 4.62. The van der Waals surface area contributed by atoms with Gasteiger partial charge in [0.25, 0.3) is 0 Å². The zero-order valence-corrected chi connectivity index (χ0v) is 11.6. The lowest BCUT2D eigenvalue weighted by Gasteiger charge is -2.20. The molecule has 0 fully saturated rings. The van der Waals surface area contributed by atoms with Gasteiger partial charge in [-0.15, -0.1) is 22.6 Å². The minimum absolute atomic E-state index is 0. The van der Waals surface area contributed by atoms with E-state index >= 15 is 0 Å². The summed E-state index contributed by atoms with van der Waals surface area (Å²) in [4.78, 5) is 0. The van der Waals surface area contributed by atoms with Crippen molar-refractivity contribution >= 4 is 18.2 Å². The van der Waals surface area contributed by atoms with Gasteiger partial charge < -0.3 is 5.43 Å². The number of alkyl halides is 3. The number of nitrogen functional groups attached to an aromatic ring is 1. The maximum atomic E-state index is 12.7. The fourth-order valence-corrected chi connectivity index (χ4v) is 2.40. The second-order valence-corrected chi connectivity index (χ2v) is 4.62. The number of fused-ring (bicyclic) bond motifs is 3. The maximum Gasteiger partial charge on any atom is 0.416 e. The first-order valence-electron chi connectivity index (χ1n) is 6.03. The Bertz CT molecular complexity index is 673. The Morgan fingerprint density at radius 3 is 2.43 bits per heavy atom. The van der Waals surface area contributed by atoms with Crippen molar-refractivity contribution in [3.8, 4) is 11.3 Å². The van der Waals surface area contributed by atoms with E-state index in [9.17, 15) is 13.2 Å². The lowest BCUT2D eigenvalue weighted by Crippen LogP contribution is -2.14. The van der Waals surface area contributed by atoms with Crippen LogP contribution in [0.4, 0.5) is 19.0 Å². The summed E-state index contributed by atoms with van der Waals surface area (Å²) >= 11 is 0. The predicted octanol–water partition coefficient (Wildman–Crippen LogP) is 2.97. The van der Waals surface area contributed by atoms with Crippen LogP contribution >= 0.6 is 12.4 Å². The van der Waals surface area contributed by atoms with Gasteiger partial charge in [0.05, 0.1) is 11.3 Å². The van der Waals surface area contributed by atoms with Gasteiger partial charge in [-0.05, 0) is 42.2 Å². The van der Waals surface area contributed by atoms with E-state index in [1.807, 2.05) is 0 Å². The minimum Gasteiger partial charge on any atom is -0.307 e. The standard InChI is InChI=1S/C13H11F3N4.ClH/c14-13(15,16)9-3-4-10-7(5-9)1-2-8-6-11(18-17)19-20-12(8)10;/h3-6H,1-2,17H2,(H,18,19);1H. The molecule has 0 spiro atoms. The number of rotatable bonds is 1. The first-order valence-corrected chi connectivity index (χ1v) is 6.03. The van der Waals surface area contributed by atoms with Crippen molar-refractivity contribution in [3.05, 3.63) is 41.0 Å². The number of hydrogen-bond donors (Lipinski definition) is 2. The number of hydrazine groups is 1. The molecule has 0 amide bonds. The SMILES string of the molecule is Cl.NNc1cc2c(nn1)-c1ccc(C(F)(F)F)cc1CC2. The first kappa shape index (κ1) is 15.5. The van der Waals surface area contributed by atoms with Gasteiger partial charge in [-0.25, -0.2) is 5.84 Å². The molecule has 1 aromatic heterocycles. The smallest absolute Gasteiger partial charge is 0.307 e. The maximum absolute atomic E-state index is 12.7. The molecular formula is C13H12ClF3N4. The van der Waals surface area contributed by atoms with E-state index in [1.54, 1.807) is 6.07 Å². The van der Waals surface area contributed by atoms with Crippen LogP contribution in [0.3, 0.4) is 0 Å². The molecule has 0 atom stereocenters. The summed E-state index contributed by atoms with van der Waals surface area (Å²) in [6, 6.07) is 5.49. The molecule has 1 heterocycles. The number of aryl methyl sites for hydroxylation is 2. The number of aromatic nitrogens is 2. The summed E-state index contributed by atoms with van der Waals surface area (Å²) in [5.74, 6) is 5.71. The molecule has 3 rings (SSSR count). The summed E-state index contributed by atoms with van der Waals surface area (Å²) in [6.07, 6.45) is -3.16. The number of hydrogen-bond acceptors (Lipinski definition) is 4. The van der Waals surface area contributed by atoms with E-state index in [2.05, 4.69) is 15.6 Å². The van der Waals surface area contributed by atoms with Gasteiger partial charge in [0.2, 0.25) is 0 Å². The van der Waals surface area contributed by atoms with E-state index in [1.165, 1.54) is 12.1 Å². The van der Waals surface area contributed by atoms with Crippen molar-refractivity contribution in [3.63, 3.8) is 0 Å². The quantitative estimate of drug-likeness (QED) is 0.627. The van der Waals surface area contributed by atoms with E-state index in [0.29, 0.717) is 35.5 Å². The van der Waals surface area contributed by atoms with Crippen LogP contribution in [0, 0.1) is 0 Å². The van der Waals surface area contributed by atoms with Gasteiger partial charge in [-0.2, -0.15) is 13.2 Å². The Labute approximate surface area is 124 Å². The molecule has 3 N–H and O–H groups in total. The fourth-order valence-electron chi connectivity index (χ4n) is 2.40. The summed E-state index contributed by atoms with van der Waals surface area (Å²) in [7, 11) is 0. The van der Waals surface area contributed by atoms with Crippen LogP contribution in [-0.2, 0) is 19.0 Å². The van der Waals surface area contributed by atoms with Crippen LogP contribution < -0.4 is 11.3 Å². The molecule has 0 unspecified atom stereocenters. The number of anilines is 1. The number of nitrogens with one attached hydrogen (secondary N) is 1. The highest BCUT2D eigenvalue weighted by molar-refractivity contribution is 5.85. The average molecular weight is 317 g/mol. The Morgan fingerprint density at radius 2 is 1.76 bits per heavy atom. The van der Waals surface area contributed by atoms with Gasteiger partial charge in [0.15, 0.2) is 5.82 Å². The van der Waals surface area contributed by atoms with Crippen LogP contribution in [0.5, 0.6) is 0 Å². The normalized spacial score (nSPS) is 13.0. The molecule has 1 aliphatic rings. The lowest BCUT2D eigenvalue weighted by atomic mass is 9.88. The Kier molecular flexibility index (Phi) is 4.06. The third kappa shape index (κ3) is 2.79. The van der Waals surface area contributed by atoms with Crippen molar-refractivity contribution < 1.29 is 13.2 Å². The van der Waals surface area contributed by atoms with Gasteiger partial charge in [0, 0.05) is 5.56 Å². The molecule has 1 aliphatic carbocycles. The molecule has 112 valence electrons. The number of halogens is 4. The van der Waals surface area contributed by atoms with Crippen molar-refractivity contribution in [2.45, 2.75) is 19.0 Å². The Hall–Kier alpha value is -1.86. The lowest BCUT2D eigenvalue weighted by molar-refractivity contribution is -0.137. The second kappa shape index (κ2) is 5.50. The Morgan fingerprint density at radius 1 is 1.05 bits per heavy atom. The first-order chi connectivity index (χ1) is 9.49. The number of benzene rings is 1. The highest BCUT2D eigenvalue weighted by Gasteiger charge is 2.32. The van der Waals surface area contributed by atoms with Gasteiger partial charge in [-0.1, -0.05) is 6.07 Å². The molecule has 0 saturated heterocycles. The van der Waals surface area contributed by atoms with Gasteiger partial charge >= 0.3 is 6.18 Å². The topological polar surface area (TPSA) is 63.8 Å². The summed E-state index contributed by atoms with van der Waals surface area (Å²) in [6.45, 7) is 0.